The van der Waals surface area contributed by atoms with Crippen molar-refractivity contribution in [2.75, 3.05) is 13.1 Å². The number of allylic oxidation sites excluding steroid dienone is 4. The maximum Gasteiger partial charge on any atom is 0.0320 e. The summed E-state index contributed by atoms with van der Waals surface area (Å²) in [5.41, 5.74) is 2.66. The first-order valence-corrected chi connectivity index (χ1v) is 5.01. The van der Waals surface area contributed by atoms with E-state index in [0.29, 0.717) is 0 Å². The van der Waals surface area contributed by atoms with Crippen molar-refractivity contribution in [3.05, 3.63) is 35.5 Å². The quantitative estimate of drug-likeness (QED) is 0.578. The second-order valence-electron chi connectivity index (χ2n) is 3.24. The van der Waals surface area contributed by atoms with Crippen molar-refractivity contribution in [2.24, 2.45) is 0 Å². The molecular formula is C11H12NS. The Kier molecular flexibility index (Phi) is 2.71. The fourth-order valence-corrected chi connectivity index (χ4v) is 1.94. The normalized spacial score (nSPS) is 22.6. The van der Waals surface area contributed by atoms with Gasteiger partial charge < -0.3 is 0 Å². The van der Waals surface area contributed by atoms with Crippen LogP contribution in [-0.4, -0.2) is 18.0 Å². The molecule has 0 aromatic heterocycles. The third-order valence-corrected chi connectivity index (χ3v) is 2.74. The molecule has 1 heterocycles. The van der Waals surface area contributed by atoms with E-state index in [-0.39, 0.29) is 0 Å². The van der Waals surface area contributed by atoms with Gasteiger partial charge in [0, 0.05) is 24.4 Å². The van der Waals surface area contributed by atoms with Crippen LogP contribution in [0.4, 0.5) is 0 Å². The standard InChI is InChI=1S/C11H12NS/c13-11-4-2-1-3-10(11)9-5-7-12-8-6-9/h1-3,5H,4,6-8H2. The third kappa shape index (κ3) is 1.95. The van der Waals surface area contributed by atoms with Crippen LogP contribution >= 0.6 is 12.2 Å². The zero-order valence-electron chi connectivity index (χ0n) is 7.49. The van der Waals surface area contributed by atoms with Crippen LogP contribution < -0.4 is 5.32 Å². The van der Waals surface area contributed by atoms with Gasteiger partial charge in [0.1, 0.15) is 0 Å². The van der Waals surface area contributed by atoms with Crippen LogP contribution in [0, 0.1) is 0 Å². The van der Waals surface area contributed by atoms with E-state index >= 15 is 0 Å². The van der Waals surface area contributed by atoms with E-state index in [0.717, 1.165) is 30.8 Å². The molecule has 0 unspecified atom stereocenters. The van der Waals surface area contributed by atoms with Gasteiger partial charge in [-0.1, -0.05) is 36.5 Å². The molecule has 0 fully saturated rings. The second-order valence-corrected chi connectivity index (χ2v) is 3.74. The molecule has 0 saturated carbocycles. The minimum Gasteiger partial charge on any atom is -0.237 e. The van der Waals surface area contributed by atoms with Gasteiger partial charge in [-0.2, -0.15) is 0 Å². The molecule has 13 heavy (non-hydrogen) atoms. The van der Waals surface area contributed by atoms with Gasteiger partial charge in [-0.05, 0) is 17.6 Å². The van der Waals surface area contributed by atoms with E-state index in [1.165, 1.54) is 11.1 Å². The van der Waals surface area contributed by atoms with Gasteiger partial charge in [-0.25, -0.2) is 5.32 Å². The molecular weight excluding hydrogens is 178 g/mol. The highest BCUT2D eigenvalue weighted by Crippen LogP contribution is 2.22. The van der Waals surface area contributed by atoms with E-state index in [2.05, 4.69) is 29.6 Å². The lowest BCUT2D eigenvalue weighted by molar-refractivity contribution is 0.696. The first-order chi connectivity index (χ1) is 6.38. The average molecular weight is 190 g/mol. The zero-order chi connectivity index (χ0) is 9.10. The van der Waals surface area contributed by atoms with E-state index in [1.54, 1.807) is 0 Å². The van der Waals surface area contributed by atoms with Crippen LogP contribution in [0.5, 0.6) is 0 Å². The minimum atomic E-state index is 0.860. The SMILES string of the molecule is S=C1CC=CC=C1C1=CC[N]CC1. The van der Waals surface area contributed by atoms with Crippen molar-refractivity contribution in [1.82, 2.24) is 5.32 Å². The van der Waals surface area contributed by atoms with Crippen LogP contribution in [0.3, 0.4) is 0 Å². The Morgan fingerprint density at radius 2 is 2.31 bits per heavy atom. The highest BCUT2D eigenvalue weighted by molar-refractivity contribution is 7.80. The van der Waals surface area contributed by atoms with Crippen molar-refractivity contribution in [1.29, 1.82) is 0 Å². The lowest BCUT2D eigenvalue weighted by Crippen LogP contribution is -2.17. The lowest BCUT2D eigenvalue weighted by atomic mass is 9.93. The van der Waals surface area contributed by atoms with E-state index in [9.17, 15) is 0 Å². The maximum absolute atomic E-state index is 5.32. The summed E-state index contributed by atoms with van der Waals surface area (Å²) in [6.07, 6.45) is 10.5. The van der Waals surface area contributed by atoms with E-state index in [1.807, 2.05) is 0 Å². The summed E-state index contributed by atoms with van der Waals surface area (Å²) in [4.78, 5) is 1.08. The highest BCUT2D eigenvalue weighted by atomic mass is 32.1. The summed E-state index contributed by atoms with van der Waals surface area (Å²) in [6, 6.07) is 0. The minimum absolute atomic E-state index is 0.860. The smallest absolute Gasteiger partial charge is 0.0320 e. The Balaban J connectivity index is 2.23. The van der Waals surface area contributed by atoms with Crippen LogP contribution in [0.15, 0.2) is 35.5 Å². The molecule has 1 nitrogen and oxygen atoms in total. The zero-order valence-corrected chi connectivity index (χ0v) is 8.31. The van der Waals surface area contributed by atoms with Gasteiger partial charge in [-0.15, -0.1) is 0 Å². The Bertz CT molecular complexity index is 310. The highest BCUT2D eigenvalue weighted by Gasteiger charge is 2.13. The van der Waals surface area contributed by atoms with Gasteiger partial charge in [0.25, 0.3) is 0 Å². The number of rotatable bonds is 1. The summed E-state index contributed by atoms with van der Waals surface area (Å²) < 4.78 is 0. The fraction of sp³-hybridized carbons (Fsp3) is 0.364. The predicted octanol–water partition coefficient (Wildman–Crippen LogP) is 2.18. The van der Waals surface area contributed by atoms with Crippen LogP contribution in [0.2, 0.25) is 0 Å². The number of nitrogens with zero attached hydrogens (tertiary/aromatic N) is 1. The molecule has 0 aromatic carbocycles. The van der Waals surface area contributed by atoms with Gasteiger partial charge in [-0.3, -0.25) is 0 Å². The Labute approximate surface area is 84.2 Å². The maximum atomic E-state index is 5.32. The molecule has 1 radical (unpaired) electrons. The summed E-state index contributed by atoms with van der Waals surface area (Å²) in [6.45, 7) is 1.81. The number of hydrogen-bond donors (Lipinski definition) is 0. The van der Waals surface area contributed by atoms with Crippen molar-refractivity contribution in [2.45, 2.75) is 12.8 Å². The molecule has 0 bridgehead atoms. The Morgan fingerprint density at radius 3 is 3.00 bits per heavy atom. The van der Waals surface area contributed by atoms with Gasteiger partial charge in [0.15, 0.2) is 0 Å². The second kappa shape index (κ2) is 3.99. The summed E-state index contributed by atoms with van der Waals surface area (Å²) in [7, 11) is 0. The van der Waals surface area contributed by atoms with Crippen LogP contribution in [-0.2, 0) is 0 Å². The molecule has 1 aliphatic heterocycles. The topological polar surface area (TPSA) is 14.1 Å². The first-order valence-electron chi connectivity index (χ1n) is 4.60. The molecule has 0 aromatic rings. The third-order valence-electron chi connectivity index (χ3n) is 2.35. The lowest BCUT2D eigenvalue weighted by Gasteiger charge is -2.17. The molecule has 1 aliphatic carbocycles. The Hall–Kier alpha value is -0.730. The van der Waals surface area contributed by atoms with Gasteiger partial charge >= 0.3 is 0 Å². The van der Waals surface area contributed by atoms with Gasteiger partial charge in [0.2, 0.25) is 0 Å². The molecule has 0 saturated heterocycles. The van der Waals surface area contributed by atoms with E-state index < -0.39 is 0 Å². The van der Waals surface area contributed by atoms with Crippen molar-refractivity contribution in [3.63, 3.8) is 0 Å². The predicted molar refractivity (Wildman–Crippen MR) is 59.0 cm³/mol. The fourth-order valence-electron chi connectivity index (χ4n) is 1.64. The molecule has 2 aliphatic rings. The molecule has 0 N–H and O–H groups in total. The average Bonchev–Trinajstić information content (AvgIpc) is 2.20. The molecule has 2 heteroatoms. The van der Waals surface area contributed by atoms with E-state index in [4.69, 9.17) is 12.2 Å². The molecule has 2 rings (SSSR count). The summed E-state index contributed by atoms with van der Waals surface area (Å²) >= 11 is 5.32. The monoisotopic (exact) mass is 190 g/mol. The summed E-state index contributed by atoms with van der Waals surface area (Å²) in [5, 5.41) is 4.28. The Morgan fingerprint density at radius 1 is 1.38 bits per heavy atom. The van der Waals surface area contributed by atoms with Gasteiger partial charge in [0.05, 0.1) is 0 Å². The largest absolute Gasteiger partial charge is 0.237 e. The van der Waals surface area contributed by atoms with Crippen LogP contribution in [0.1, 0.15) is 12.8 Å². The number of thiocarbonyl (C=S) groups is 1. The molecule has 0 spiro atoms. The summed E-state index contributed by atoms with van der Waals surface area (Å²) in [5.74, 6) is 0. The van der Waals surface area contributed by atoms with Crippen molar-refractivity contribution >= 4 is 17.1 Å². The number of hydrogen-bond acceptors (Lipinski definition) is 1. The van der Waals surface area contributed by atoms with Crippen LogP contribution in [0.25, 0.3) is 0 Å². The molecule has 0 atom stereocenters. The van der Waals surface area contributed by atoms with Crippen molar-refractivity contribution < 1.29 is 0 Å². The first kappa shape index (κ1) is 8.85. The van der Waals surface area contributed by atoms with Crippen molar-refractivity contribution in [3.8, 4) is 0 Å². The molecule has 0 amide bonds. The molecule has 67 valence electrons.